The molecule has 0 saturated carbocycles. The minimum Gasteiger partial charge on any atom is -0.318 e. The Morgan fingerprint density at radius 3 is 2.35 bits per heavy atom. The number of benzene rings is 2. The van der Waals surface area contributed by atoms with Crippen LogP contribution in [0.4, 0.5) is 5.69 Å². The molecule has 2 aromatic carbocycles. The zero-order valence-electron chi connectivity index (χ0n) is 12.5. The number of halogens is 1. The van der Waals surface area contributed by atoms with E-state index in [4.69, 9.17) is 0 Å². The van der Waals surface area contributed by atoms with Gasteiger partial charge in [0.15, 0.2) is 0 Å². The molecule has 118 valence electrons. The van der Waals surface area contributed by atoms with Gasteiger partial charge in [-0.05, 0) is 29.8 Å². The summed E-state index contributed by atoms with van der Waals surface area (Å²) in [4.78, 5) is 23.4. The fourth-order valence-electron chi connectivity index (χ4n) is 1.82. The van der Waals surface area contributed by atoms with Crippen LogP contribution in [-0.2, 0) is 9.59 Å². The second kappa shape index (κ2) is 8.24. The molecule has 1 unspecified atom stereocenters. The van der Waals surface area contributed by atoms with E-state index in [2.05, 4.69) is 31.8 Å². The Morgan fingerprint density at radius 1 is 1.04 bits per heavy atom. The molecule has 2 rings (SSSR count). The molecular weight excluding hydrogens is 358 g/mol. The largest absolute Gasteiger partial charge is 0.329 e. The van der Waals surface area contributed by atoms with E-state index in [1.54, 1.807) is 30.5 Å². The molecule has 5 nitrogen and oxygen atoms in total. The van der Waals surface area contributed by atoms with Gasteiger partial charge in [0.2, 0.25) is 0 Å². The van der Waals surface area contributed by atoms with Gasteiger partial charge in [-0.25, -0.2) is 5.43 Å². The molecule has 0 spiro atoms. The third-order valence-corrected chi connectivity index (χ3v) is 3.63. The number of nitrogens with zero attached hydrogens (tertiary/aromatic N) is 1. The Balaban J connectivity index is 1.85. The van der Waals surface area contributed by atoms with Gasteiger partial charge in [-0.1, -0.05) is 53.2 Å². The average molecular weight is 374 g/mol. The van der Waals surface area contributed by atoms with Crippen molar-refractivity contribution in [2.45, 2.75) is 12.8 Å². The van der Waals surface area contributed by atoms with Gasteiger partial charge in [0.1, 0.15) is 0 Å². The Morgan fingerprint density at radius 2 is 1.70 bits per heavy atom. The van der Waals surface area contributed by atoms with E-state index in [9.17, 15) is 9.59 Å². The molecular formula is C17H16BrN3O2. The minimum atomic E-state index is -0.815. The maximum atomic E-state index is 11.7. The summed E-state index contributed by atoms with van der Waals surface area (Å²) < 4.78 is 0.888. The van der Waals surface area contributed by atoms with E-state index >= 15 is 0 Å². The summed E-state index contributed by atoms with van der Waals surface area (Å²) in [5.74, 6) is -1.55. The molecule has 0 aliphatic heterocycles. The number of hydrogen-bond acceptors (Lipinski definition) is 3. The number of nitrogens with one attached hydrogen (secondary N) is 2. The van der Waals surface area contributed by atoms with E-state index in [1.807, 2.05) is 37.3 Å². The predicted molar refractivity (Wildman–Crippen MR) is 94.3 cm³/mol. The zero-order chi connectivity index (χ0) is 16.7. The minimum absolute atomic E-state index is 0.0334. The van der Waals surface area contributed by atoms with Crippen molar-refractivity contribution in [1.82, 2.24) is 5.43 Å². The molecule has 0 aliphatic carbocycles. The standard InChI is InChI=1S/C17H16BrN3O2/c1-12(13-5-3-2-4-6-13)11-19-21-17(23)16(22)20-15-9-7-14(18)8-10-15/h2-12H,1H3,(H,20,22)(H,21,23)/b19-11+. The van der Waals surface area contributed by atoms with Crippen molar-refractivity contribution < 1.29 is 9.59 Å². The van der Waals surface area contributed by atoms with Crippen molar-refractivity contribution in [1.29, 1.82) is 0 Å². The monoisotopic (exact) mass is 373 g/mol. The molecule has 23 heavy (non-hydrogen) atoms. The van der Waals surface area contributed by atoms with Crippen molar-refractivity contribution in [3.63, 3.8) is 0 Å². The van der Waals surface area contributed by atoms with Crippen LogP contribution < -0.4 is 10.7 Å². The Bertz CT molecular complexity index is 700. The molecule has 0 radical (unpaired) electrons. The van der Waals surface area contributed by atoms with E-state index in [0.29, 0.717) is 5.69 Å². The van der Waals surface area contributed by atoms with Gasteiger partial charge in [0.25, 0.3) is 0 Å². The molecule has 0 aliphatic rings. The first-order valence-corrected chi connectivity index (χ1v) is 7.80. The number of hydrogen-bond donors (Lipinski definition) is 2. The first-order chi connectivity index (χ1) is 11.1. The van der Waals surface area contributed by atoms with Crippen molar-refractivity contribution in [2.24, 2.45) is 5.10 Å². The SMILES string of the molecule is CC(/C=N/NC(=O)C(=O)Nc1ccc(Br)cc1)c1ccccc1. The number of rotatable bonds is 4. The van der Waals surface area contributed by atoms with Crippen LogP contribution >= 0.6 is 15.9 Å². The van der Waals surface area contributed by atoms with Crippen LogP contribution in [0.15, 0.2) is 64.2 Å². The average Bonchev–Trinajstić information content (AvgIpc) is 2.57. The zero-order valence-corrected chi connectivity index (χ0v) is 14.1. The highest BCUT2D eigenvalue weighted by molar-refractivity contribution is 9.10. The van der Waals surface area contributed by atoms with Crippen LogP contribution in [0, 0.1) is 0 Å². The number of hydrazone groups is 1. The molecule has 2 aromatic rings. The lowest BCUT2D eigenvalue weighted by Gasteiger charge is -2.06. The fourth-order valence-corrected chi connectivity index (χ4v) is 2.09. The summed E-state index contributed by atoms with van der Waals surface area (Å²) in [6, 6.07) is 16.7. The van der Waals surface area contributed by atoms with Crippen LogP contribution in [-0.4, -0.2) is 18.0 Å². The van der Waals surface area contributed by atoms with Crippen LogP contribution in [0.5, 0.6) is 0 Å². The van der Waals surface area contributed by atoms with Crippen LogP contribution in [0.2, 0.25) is 0 Å². The molecule has 1 atom stereocenters. The topological polar surface area (TPSA) is 70.6 Å². The van der Waals surface area contributed by atoms with Gasteiger partial charge in [-0.15, -0.1) is 0 Å². The Hall–Kier alpha value is -2.47. The molecule has 0 fully saturated rings. The summed E-state index contributed by atoms with van der Waals surface area (Å²) >= 11 is 3.30. The maximum Gasteiger partial charge on any atom is 0.329 e. The van der Waals surface area contributed by atoms with Crippen LogP contribution in [0.3, 0.4) is 0 Å². The molecule has 6 heteroatoms. The normalized spacial score (nSPS) is 11.9. The van der Waals surface area contributed by atoms with E-state index in [1.165, 1.54) is 0 Å². The summed E-state index contributed by atoms with van der Waals surface area (Å²) in [6.07, 6.45) is 1.58. The molecule has 0 aromatic heterocycles. The smallest absolute Gasteiger partial charge is 0.318 e. The number of carbonyl (C=O) groups excluding carboxylic acids is 2. The lowest BCUT2D eigenvalue weighted by Crippen LogP contribution is -2.32. The summed E-state index contributed by atoms with van der Waals surface area (Å²) in [5.41, 5.74) is 3.83. The van der Waals surface area contributed by atoms with E-state index in [0.717, 1.165) is 10.0 Å². The number of anilines is 1. The van der Waals surface area contributed by atoms with Gasteiger partial charge in [-0.3, -0.25) is 9.59 Å². The van der Waals surface area contributed by atoms with Crippen molar-refractivity contribution in [3.05, 3.63) is 64.6 Å². The lowest BCUT2D eigenvalue weighted by atomic mass is 10.0. The highest BCUT2D eigenvalue weighted by Crippen LogP contribution is 2.14. The molecule has 2 N–H and O–H groups in total. The molecule has 0 saturated heterocycles. The Labute approximate surface area is 142 Å². The highest BCUT2D eigenvalue weighted by Gasteiger charge is 2.12. The lowest BCUT2D eigenvalue weighted by molar-refractivity contribution is -0.136. The second-order valence-electron chi connectivity index (χ2n) is 4.88. The van der Waals surface area contributed by atoms with Crippen molar-refractivity contribution in [3.8, 4) is 0 Å². The molecule has 0 bridgehead atoms. The van der Waals surface area contributed by atoms with Crippen molar-refractivity contribution >= 4 is 39.6 Å². The predicted octanol–water partition coefficient (Wildman–Crippen LogP) is 3.29. The second-order valence-corrected chi connectivity index (χ2v) is 5.80. The molecule has 0 heterocycles. The Kier molecular flexibility index (Phi) is 6.05. The van der Waals surface area contributed by atoms with Crippen LogP contribution in [0.25, 0.3) is 0 Å². The van der Waals surface area contributed by atoms with Gasteiger partial charge in [0, 0.05) is 22.3 Å². The number of carbonyl (C=O) groups is 2. The molecule has 2 amide bonds. The van der Waals surface area contributed by atoms with Gasteiger partial charge in [0.05, 0.1) is 0 Å². The van der Waals surface area contributed by atoms with E-state index in [-0.39, 0.29) is 5.92 Å². The van der Waals surface area contributed by atoms with Gasteiger partial charge >= 0.3 is 11.8 Å². The quantitative estimate of drug-likeness (QED) is 0.490. The third kappa shape index (κ3) is 5.34. The summed E-state index contributed by atoms with van der Waals surface area (Å²) in [5, 5.41) is 6.32. The fraction of sp³-hybridized carbons (Fsp3) is 0.118. The first kappa shape index (κ1) is 16.9. The first-order valence-electron chi connectivity index (χ1n) is 7.01. The third-order valence-electron chi connectivity index (χ3n) is 3.10. The maximum absolute atomic E-state index is 11.7. The summed E-state index contributed by atoms with van der Waals surface area (Å²) in [7, 11) is 0. The van der Waals surface area contributed by atoms with Crippen LogP contribution in [0.1, 0.15) is 18.4 Å². The highest BCUT2D eigenvalue weighted by atomic mass is 79.9. The van der Waals surface area contributed by atoms with Crippen molar-refractivity contribution in [2.75, 3.05) is 5.32 Å². The van der Waals surface area contributed by atoms with Gasteiger partial charge in [-0.2, -0.15) is 5.10 Å². The number of amides is 2. The summed E-state index contributed by atoms with van der Waals surface area (Å²) in [6.45, 7) is 1.95. The van der Waals surface area contributed by atoms with E-state index < -0.39 is 11.8 Å². The van der Waals surface area contributed by atoms with Gasteiger partial charge < -0.3 is 5.32 Å².